The molecule has 1 aromatic carbocycles. The van der Waals surface area contributed by atoms with E-state index in [2.05, 4.69) is 42.9 Å². The van der Waals surface area contributed by atoms with E-state index < -0.39 is 0 Å². The summed E-state index contributed by atoms with van der Waals surface area (Å²) in [6, 6.07) is 6.23. The lowest BCUT2D eigenvalue weighted by Gasteiger charge is -2.11. The Kier molecular flexibility index (Phi) is 2.43. The molecule has 78 valence electrons. The number of benzene rings is 1. The third-order valence-electron chi connectivity index (χ3n) is 2.62. The average molecular weight is 200 g/mol. The third-order valence-corrected chi connectivity index (χ3v) is 2.62. The molecule has 0 atom stereocenters. The average Bonchev–Trinajstić information content (AvgIpc) is 2.16. The summed E-state index contributed by atoms with van der Waals surface area (Å²) in [5.74, 6) is 1.30. The number of aromatic nitrogens is 2. The Morgan fingerprint density at radius 2 is 1.80 bits per heavy atom. The number of nitrogens with zero attached hydrogens (tertiary/aromatic N) is 2. The maximum absolute atomic E-state index is 4.55. The highest BCUT2D eigenvalue weighted by molar-refractivity contribution is 5.84. The summed E-state index contributed by atoms with van der Waals surface area (Å²) in [6.45, 7) is 8.42. The molecule has 0 bridgehead atoms. The fourth-order valence-corrected chi connectivity index (χ4v) is 1.93. The summed E-state index contributed by atoms with van der Waals surface area (Å²) < 4.78 is 0. The minimum Gasteiger partial charge on any atom is -0.237 e. The van der Waals surface area contributed by atoms with Crippen LogP contribution in [0.15, 0.2) is 18.2 Å². The molecule has 0 radical (unpaired) electrons. The van der Waals surface area contributed by atoms with Gasteiger partial charge in [0.05, 0.1) is 11.2 Å². The van der Waals surface area contributed by atoms with E-state index in [4.69, 9.17) is 0 Å². The maximum Gasteiger partial charge on any atom is 0.126 e. The molecule has 2 aromatic rings. The Bertz CT molecular complexity index is 501. The Labute approximate surface area is 90.4 Å². The highest BCUT2D eigenvalue weighted by Crippen LogP contribution is 2.25. The van der Waals surface area contributed by atoms with Crippen molar-refractivity contribution in [2.24, 2.45) is 0 Å². The first kappa shape index (κ1) is 10.1. The molecule has 0 spiro atoms. The summed E-state index contributed by atoms with van der Waals surface area (Å²) in [6.07, 6.45) is 0. The molecular weight excluding hydrogens is 184 g/mol. The Morgan fingerprint density at radius 3 is 2.47 bits per heavy atom. The smallest absolute Gasteiger partial charge is 0.126 e. The molecule has 1 aromatic heterocycles. The van der Waals surface area contributed by atoms with E-state index in [0.717, 1.165) is 17.0 Å². The summed E-state index contributed by atoms with van der Waals surface area (Å²) in [5.41, 5.74) is 3.48. The van der Waals surface area contributed by atoms with Crippen LogP contribution in [0.1, 0.15) is 36.8 Å². The van der Waals surface area contributed by atoms with Crippen molar-refractivity contribution in [1.29, 1.82) is 0 Å². The van der Waals surface area contributed by atoms with E-state index in [0.29, 0.717) is 5.92 Å². The van der Waals surface area contributed by atoms with Crippen LogP contribution < -0.4 is 0 Å². The van der Waals surface area contributed by atoms with Gasteiger partial charge < -0.3 is 0 Å². The van der Waals surface area contributed by atoms with Crippen LogP contribution >= 0.6 is 0 Å². The fraction of sp³-hybridized carbons (Fsp3) is 0.385. The molecule has 0 aliphatic rings. The molecule has 2 heteroatoms. The van der Waals surface area contributed by atoms with Gasteiger partial charge in [0.15, 0.2) is 0 Å². The summed E-state index contributed by atoms with van der Waals surface area (Å²) in [7, 11) is 0. The first-order chi connectivity index (χ1) is 7.09. The summed E-state index contributed by atoms with van der Waals surface area (Å²) in [5, 5.41) is 1.22. The van der Waals surface area contributed by atoms with Gasteiger partial charge in [0.1, 0.15) is 5.82 Å². The predicted molar refractivity (Wildman–Crippen MR) is 63.1 cm³/mol. The molecule has 0 saturated heterocycles. The van der Waals surface area contributed by atoms with Gasteiger partial charge in [0.25, 0.3) is 0 Å². The van der Waals surface area contributed by atoms with Gasteiger partial charge in [0.2, 0.25) is 0 Å². The molecule has 2 rings (SSSR count). The molecule has 0 amide bonds. The van der Waals surface area contributed by atoms with Gasteiger partial charge in [-0.2, -0.15) is 0 Å². The molecule has 0 N–H and O–H groups in total. The molecular formula is C13H16N2. The third kappa shape index (κ3) is 1.72. The highest BCUT2D eigenvalue weighted by Gasteiger charge is 2.10. The monoisotopic (exact) mass is 200 g/mol. The molecule has 0 fully saturated rings. The van der Waals surface area contributed by atoms with Gasteiger partial charge in [-0.15, -0.1) is 0 Å². The van der Waals surface area contributed by atoms with Gasteiger partial charge in [-0.25, -0.2) is 9.97 Å². The van der Waals surface area contributed by atoms with E-state index >= 15 is 0 Å². The quantitative estimate of drug-likeness (QED) is 0.705. The Hall–Kier alpha value is -1.44. The van der Waals surface area contributed by atoms with Crippen LogP contribution in [0.4, 0.5) is 0 Å². The van der Waals surface area contributed by atoms with E-state index in [-0.39, 0.29) is 0 Å². The topological polar surface area (TPSA) is 25.8 Å². The van der Waals surface area contributed by atoms with Gasteiger partial charge in [-0.05, 0) is 31.4 Å². The molecule has 0 aliphatic heterocycles. The number of fused-ring (bicyclic) bond motifs is 1. The predicted octanol–water partition coefficient (Wildman–Crippen LogP) is 3.37. The first-order valence-electron chi connectivity index (χ1n) is 5.33. The second kappa shape index (κ2) is 3.61. The minimum absolute atomic E-state index is 0.440. The lowest BCUT2D eigenvalue weighted by molar-refractivity contribution is 0.816. The number of hydrogen-bond acceptors (Lipinski definition) is 2. The van der Waals surface area contributed by atoms with E-state index in [1.807, 2.05) is 13.0 Å². The Balaban J connectivity index is 2.88. The number of rotatable bonds is 1. The molecule has 2 nitrogen and oxygen atoms in total. The molecule has 15 heavy (non-hydrogen) atoms. The van der Waals surface area contributed by atoms with Crippen molar-refractivity contribution in [3.05, 3.63) is 35.3 Å². The Morgan fingerprint density at radius 1 is 1.07 bits per heavy atom. The SMILES string of the molecule is Cc1nc(C(C)C)c2c(C)cccc2n1. The zero-order valence-electron chi connectivity index (χ0n) is 9.70. The van der Waals surface area contributed by atoms with Gasteiger partial charge >= 0.3 is 0 Å². The van der Waals surface area contributed by atoms with Gasteiger partial charge in [0, 0.05) is 5.39 Å². The standard InChI is InChI=1S/C13H16N2/c1-8(2)13-12-9(3)6-5-7-11(12)14-10(4)15-13/h5-8H,1-4H3. The van der Waals surface area contributed by atoms with E-state index in [1.165, 1.54) is 10.9 Å². The molecule has 0 unspecified atom stereocenters. The fourth-order valence-electron chi connectivity index (χ4n) is 1.93. The lowest BCUT2D eigenvalue weighted by atomic mass is 10.0. The van der Waals surface area contributed by atoms with Crippen LogP contribution in [-0.4, -0.2) is 9.97 Å². The van der Waals surface area contributed by atoms with Gasteiger partial charge in [-0.3, -0.25) is 0 Å². The second-order valence-corrected chi connectivity index (χ2v) is 4.28. The van der Waals surface area contributed by atoms with Crippen molar-refractivity contribution in [2.45, 2.75) is 33.6 Å². The normalized spacial score (nSPS) is 11.3. The summed E-state index contributed by atoms with van der Waals surface area (Å²) in [4.78, 5) is 9.02. The number of aryl methyl sites for hydroxylation is 2. The van der Waals surface area contributed by atoms with Crippen LogP contribution in [0.5, 0.6) is 0 Å². The maximum atomic E-state index is 4.55. The van der Waals surface area contributed by atoms with Crippen LogP contribution in [0.25, 0.3) is 10.9 Å². The zero-order valence-corrected chi connectivity index (χ0v) is 9.70. The van der Waals surface area contributed by atoms with Crippen LogP contribution in [0.3, 0.4) is 0 Å². The highest BCUT2D eigenvalue weighted by atomic mass is 14.9. The van der Waals surface area contributed by atoms with Crippen molar-refractivity contribution < 1.29 is 0 Å². The molecule has 0 saturated carbocycles. The van der Waals surface area contributed by atoms with Gasteiger partial charge in [-0.1, -0.05) is 26.0 Å². The zero-order chi connectivity index (χ0) is 11.0. The van der Waals surface area contributed by atoms with Crippen molar-refractivity contribution in [1.82, 2.24) is 9.97 Å². The van der Waals surface area contributed by atoms with Crippen molar-refractivity contribution in [3.63, 3.8) is 0 Å². The minimum atomic E-state index is 0.440. The molecule has 1 heterocycles. The second-order valence-electron chi connectivity index (χ2n) is 4.28. The van der Waals surface area contributed by atoms with E-state index in [9.17, 15) is 0 Å². The first-order valence-corrected chi connectivity index (χ1v) is 5.33. The lowest BCUT2D eigenvalue weighted by Crippen LogP contribution is -2.00. The van der Waals surface area contributed by atoms with Crippen LogP contribution in [0.2, 0.25) is 0 Å². The van der Waals surface area contributed by atoms with Crippen LogP contribution in [-0.2, 0) is 0 Å². The molecule has 0 aliphatic carbocycles. The van der Waals surface area contributed by atoms with Crippen molar-refractivity contribution in [2.75, 3.05) is 0 Å². The van der Waals surface area contributed by atoms with Crippen molar-refractivity contribution >= 4 is 10.9 Å². The van der Waals surface area contributed by atoms with Crippen LogP contribution in [0, 0.1) is 13.8 Å². The largest absolute Gasteiger partial charge is 0.237 e. The summed E-state index contributed by atoms with van der Waals surface area (Å²) >= 11 is 0. The van der Waals surface area contributed by atoms with E-state index in [1.54, 1.807) is 0 Å². The number of hydrogen-bond donors (Lipinski definition) is 0. The van der Waals surface area contributed by atoms with Crippen molar-refractivity contribution in [3.8, 4) is 0 Å².